The third-order valence-corrected chi connectivity index (χ3v) is 6.93. The topological polar surface area (TPSA) is 12.5 Å². The number of piperidine rings is 1. The summed E-state index contributed by atoms with van der Waals surface area (Å²) < 4.78 is 5.29. The Morgan fingerprint density at radius 1 is 1.00 bits per heavy atom. The zero-order chi connectivity index (χ0) is 18.6. The van der Waals surface area contributed by atoms with Gasteiger partial charge in [-0.15, -0.1) is 0 Å². The van der Waals surface area contributed by atoms with E-state index in [0.29, 0.717) is 6.04 Å². The van der Waals surface area contributed by atoms with E-state index in [-0.39, 0.29) is 0 Å². The predicted molar refractivity (Wildman–Crippen MR) is 112 cm³/mol. The van der Waals surface area contributed by atoms with Crippen molar-refractivity contribution in [1.29, 1.82) is 0 Å². The molecule has 0 radical (unpaired) electrons. The molecule has 1 aliphatic heterocycles. The molecule has 27 heavy (non-hydrogen) atoms. The number of methoxy groups -OCH3 is 1. The van der Waals surface area contributed by atoms with E-state index < -0.39 is 0 Å². The van der Waals surface area contributed by atoms with Crippen LogP contribution in [0.4, 0.5) is 0 Å². The summed E-state index contributed by atoms with van der Waals surface area (Å²) in [6.45, 7) is 3.67. The number of rotatable bonds is 5. The minimum atomic E-state index is 0.539. The molecule has 1 saturated carbocycles. The molecule has 1 saturated heterocycles. The summed E-state index contributed by atoms with van der Waals surface area (Å²) in [5, 5.41) is 0. The maximum Gasteiger partial charge on any atom is 0.118 e. The normalized spacial score (nSPS) is 27.0. The van der Waals surface area contributed by atoms with Crippen LogP contribution in [0.25, 0.3) is 0 Å². The smallest absolute Gasteiger partial charge is 0.118 e. The minimum absolute atomic E-state index is 0.539. The fourth-order valence-electron chi connectivity index (χ4n) is 5.48. The molecular weight excluding hydrogens is 330 g/mol. The lowest BCUT2D eigenvalue weighted by molar-refractivity contribution is 0.0155. The largest absolute Gasteiger partial charge is 0.497 e. The van der Waals surface area contributed by atoms with Crippen molar-refractivity contribution in [2.24, 2.45) is 11.8 Å². The van der Waals surface area contributed by atoms with Crippen molar-refractivity contribution in [1.82, 2.24) is 4.90 Å². The maximum atomic E-state index is 5.29. The third kappa shape index (κ3) is 4.21. The molecule has 2 aromatic rings. The Kier molecular flexibility index (Phi) is 5.83. The van der Waals surface area contributed by atoms with Crippen LogP contribution in [-0.4, -0.2) is 24.6 Å². The van der Waals surface area contributed by atoms with E-state index in [1.54, 1.807) is 7.11 Å². The van der Waals surface area contributed by atoms with Crippen LogP contribution in [-0.2, 0) is 6.42 Å². The molecule has 144 valence electrons. The molecule has 0 bridgehead atoms. The van der Waals surface area contributed by atoms with Crippen molar-refractivity contribution in [3.05, 3.63) is 65.7 Å². The quantitative estimate of drug-likeness (QED) is 0.658. The van der Waals surface area contributed by atoms with Crippen molar-refractivity contribution < 1.29 is 4.74 Å². The molecule has 4 rings (SSSR count). The highest BCUT2D eigenvalue weighted by Crippen LogP contribution is 2.42. The van der Waals surface area contributed by atoms with E-state index in [2.05, 4.69) is 66.4 Å². The van der Waals surface area contributed by atoms with E-state index in [9.17, 15) is 0 Å². The Hall–Kier alpha value is -1.80. The SMILES string of the molecule is COc1ccc(C[C@@H]2CC[C@@H]3[C@@H](CCCN3[C@H](C)c3ccccc3)C2)cc1. The van der Waals surface area contributed by atoms with Gasteiger partial charge in [0.05, 0.1) is 7.11 Å². The lowest BCUT2D eigenvalue weighted by Crippen LogP contribution is -2.49. The van der Waals surface area contributed by atoms with Crippen molar-refractivity contribution in [2.75, 3.05) is 13.7 Å². The monoisotopic (exact) mass is 363 g/mol. The van der Waals surface area contributed by atoms with Crippen molar-refractivity contribution in [3.63, 3.8) is 0 Å². The van der Waals surface area contributed by atoms with Crippen molar-refractivity contribution >= 4 is 0 Å². The molecule has 2 nitrogen and oxygen atoms in total. The summed E-state index contributed by atoms with van der Waals surface area (Å²) in [5.74, 6) is 2.67. The van der Waals surface area contributed by atoms with Crippen LogP contribution in [0.1, 0.15) is 56.2 Å². The molecule has 1 aliphatic carbocycles. The van der Waals surface area contributed by atoms with Gasteiger partial charge in [0, 0.05) is 12.1 Å². The molecule has 0 N–H and O–H groups in total. The van der Waals surface area contributed by atoms with Gasteiger partial charge in [-0.3, -0.25) is 4.90 Å². The summed E-state index contributed by atoms with van der Waals surface area (Å²) in [7, 11) is 1.74. The first-order chi connectivity index (χ1) is 13.2. The molecule has 1 heterocycles. The maximum absolute atomic E-state index is 5.29. The second kappa shape index (κ2) is 8.48. The van der Waals surface area contributed by atoms with Crippen LogP contribution in [0.2, 0.25) is 0 Å². The molecule has 2 heteroatoms. The summed E-state index contributed by atoms with van der Waals surface area (Å²) in [4.78, 5) is 2.81. The van der Waals surface area contributed by atoms with E-state index in [1.165, 1.54) is 56.2 Å². The minimum Gasteiger partial charge on any atom is -0.497 e. The van der Waals surface area contributed by atoms with Crippen LogP contribution in [0.3, 0.4) is 0 Å². The van der Waals surface area contributed by atoms with Gasteiger partial charge in [0.2, 0.25) is 0 Å². The fourth-order valence-corrected chi connectivity index (χ4v) is 5.48. The lowest BCUT2D eigenvalue weighted by atomic mass is 9.71. The van der Waals surface area contributed by atoms with Gasteiger partial charge in [-0.05, 0) is 87.1 Å². The van der Waals surface area contributed by atoms with E-state index in [0.717, 1.165) is 23.6 Å². The Bertz CT molecular complexity index is 711. The number of fused-ring (bicyclic) bond motifs is 1. The molecule has 2 aromatic carbocycles. The van der Waals surface area contributed by atoms with E-state index in [1.807, 2.05) is 0 Å². The molecule has 2 aliphatic rings. The highest BCUT2D eigenvalue weighted by Gasteiger charge is 2.38. The first-order valence-corrected chi connectivity index (χ1v) is 10.7. The number of nitrogens with zero attached hydrogens (tertiary/aromatic N) is 1. The number of likely N-dealkylation sites (tertiary alicyclic amines) is 1. The number of benzene rings is 2. The molecule has 2 fully saturated rings. The highest BCUT2D eigenvalue weighted by atomic mass is 16.5. The van der Waals surface area contributed by atoms with Crippen molar-refractivity contribution in [2.45, 2.75) is 57.5 Å². The molecule has 0 amide bonds. The van der Waals surface area contributed by atoms with Gasteiger partial charge in [0.15, 0.2) is 0 Å². The lowest BCUT2D eigenvalue weighted by Gasteiger charge is -2.48. The molecule has 0 unspecified atom stereocenters. The summed E-state index contributed by atoms with van der Waals surface area (Å²) in [5.41, 5.74) is 2.93. The first kappa shape index (κ1) is 18.6. The van der Waals surface area contributed by atoms with Crippen LogP contribution >= 0.6 is 0 Å². The van der Waals surface area contributed by atoms with Crippen LogP contribution in [0.15, 0.2) is 54.6 Å². The molecule has 0 aromatic heterocycles. The second-order valence-electron chi connectivity index (χ2n) is 8.53. The predicted octanol–water partition coefficient (Wildman–Crippen LogP) is 5.88. The Morgan fingerprint density at radius 3 is 2.52 bits per heavy atom. The Balaban J connectivity index is 1.39. The van der Waals surface area contributed by atoms with Crippen LogP contribution < -0.4 is 4.74 Å². The van der Waals surface area contributed by atoms with Crippen LogP contribution in [0.5, 0.6) is 5.75 Å². The van der Waals surface area contributed by atoms with Gasteiger partial charge < -0.3 is 4.74 Å². The average Bonchev–Trinajstić information content (AvgIpc) is 2.74. The van der Waals surface area contributed by atoms with Gasteiger partial charge in [0.25, 0.3) is 0 Å². The second-order valence-corrected chi connectivity index (χ2v) is 8.53. The number of hydrogen-bond acceptors (Lipinski definition) is 2. The summed E-state index contributed by atoms with van der Waals surface area (Å²) in [6, 6.07) is 21.1. The molecule has 0 spiro atoms. The van der Waals surface area contributed by atoms with Crippen LogP contribution in [0, 0.1) is 11.8 Å². The third-order valence-electron chi connectivity index (χ3n) is 6.93. The van der Waals surface area contributed by atoms with Crippen molar-refractivity contribution in [3.8, 4) is 5.75 Å². The first-order valence-electron chi connectivity index (χ1n) is 10.7. The average molecular weight is 364 g/mol. The molecular formula is C25H33NO. The van der Waals surface area contributed by atoms with Gasteiger partial charge >= 0.3 is 0 Å². The number of ether oxygens (including phenoxy) is 1. The molecule has 4 atom stereocenters. The Morgan fingerprint density at radius 2 is 1.78 bits per heavy atom. The van der Waals surface area contributed by atoms with Gasteiger partial charge in [-0.1, -0.05) is 42.5 Å². The summed E-state index contributed by atoms with van der Waals surface area (Å²) in [6.07, 6.45) is 8.12. The van der Waals surface area contributed by atoms with E-state index >= 15 is 0 Å². The highest BCUT2D eigenvalue weighted by molar-refractivity contribution is 5.27. The fraction of sp³-hybridized carbons (Fsp3) is 0.520. The standard InChI is InChI=1S/C25H33NO/c1-19(22-7-4-3-5-8-22)26-16-6-9-23-18-21(12-15-25(23)26)17-20-10-13-24(27-2)14-11-20/h3-5,7-8,10-11,13-14,19,21,23,25H,6,9,12,15-18H2,1-2H3/t19-,21+,23+,25-/m1/s1. The zero-order valence-electron chi connectivity index (χ0n) is 16.8. The Labute approximate surface area is 164 Å². The zero-order valence-corrected chi connectivity index (χ0v) is 16.8. The summed E-state index contributed by atoms with van der Waals surface area (Å²) >= 11 is 0. The number of hydrogen-bond donors (Lipinski definition) is 0. The van der Waals surface area contributed by atoms with Gasteiger partial charge in [-0.25, -0.2) is 0 Å². The van der Waals surface area contributed by atoms with Gasteiger partial charge in [0.1, 0.15) is 5.75 Å². The van der Waals surface area contributed by atoms with E-state index in [4.69, 9.17) is 4.74 Å². The van der Waals surface area contributed by atoms with Gasteiger partial charge in [-0.2, -0.15) is 0 Å².